The Hall–Kier alpha value is 0.0600. The van der Waals surface area contributed by atoms with Crippen LogP contribution in [-0.2, 0) is 20.2 Å². The second kappa shape index (κ2) is 9.88. The van der Waals surface area contributed by atoms with Crippen molar-refractivity contribution in [1.29, 1.82) is 0 Å². The van der Waals surface area contributed by atoms with E-state index in [1.54, 1.807) is 0 Å². The van der Waals surface area contributed by atoms with Gasteiger partial charge in [0.25, 0.3) is 20.2 Å². The molecule has 0 unspecified atom stereocenters. The van der Waals surface area contributed by atoms with E-state index in [4.69, 9.17) is 21.3 Å². The first kappa shape index (κ1) is 21.4. The average molecular weight is 354 g/mol. The van der Waals surface area contributed by atoms with Crippen LogP contribution in [-0.4, -0.2) is 59.8 Å². The van der Waals surface area contributed by atoms with Gasteiger partial charge in [0.15, 0.2) is 0 Å². The highest BCUT2D eigenvalue weighted by molar-refractivity contribution is 8.10. The molecule has 2 N–H and O–H groups in total. The number of thiocarbonyl (C=S) groups is 1. The molecule has 0 heterocycles. The van der Waals surface area contributed by atoms with E-state index in [0.717, 1.165) is 13.1 Å². The topological polar surface area (TPSA) is 112 Å². The first-order valence-corrected chi connectivity index (χ1v) is 9.38. The summed E-state index contributed by atoms with van der Waals surface area (Å²) in [5, 5.41) is 0. The number of hydrogen-bond acceptors (Lipinski definition) is 5. The predicted octanol–water partition coefficient (Wildman–Crippen LogP) is 0.695. The van der Waals surface area contributed by atoms with Gasteiger partial charge in [-0.2, -0.15) is 16.8 Å². The lowest BCUT2D eigenvalue weighted by atomic mass is 10.6. The minimum atomic E-state index is -4.12. The molecule has 11 heteroatoms. The van der Waals surface area contributed by atoms with Gasteiger partial charge in [-0.25, -0.2) is 0 Å². The van der Waals surface area contributed by atoms with Gasteiger partial charge in [0.2, 0.25) is 0 Å². The third-order valence-corrected chi connectivity index (χ3v) is 3.99. The molecule has 0 aliphatic rings. The lowest BCUT2D eigenvalue weighted by Gasteiger charge is -2.16. The molecule has 0 bridgehead atoms. The van der Waals surface area contributed by atoms with Crippen LogP contribution in [0.5, 0.6) is 0 Å². The predicted molar refractivity (Wildman–Crippen MR) is 82.0 cm³/mol. The van der Waals surface area contributed by atoms with Crippen molar-refractivity contribution < 1.29 is 25.9 Å². The lowest BCUT2D eigenvalue weighted by molar-refractivity contribution is 0.477. The molecule has 0 aromatic carbocycles. The van der Waals surface area contributed by atoms with Gasteiger partial charge in [0, 0.05) is 13.1 Å². The summed E-state index contributed by atoms with van der Waals surface area (Å²) in [5.41, 5.74) is 0. The molecule has 0 aromatic rings. The van der Waals surface area contributed by atoms with Crippen LogP contribution in [0.1, 0.15) is 20.3 Å². The summed E-state index contributed by atoms with van der Waals surface area (Å²) in [7, 11) is -8.24. The number of thiol groups is 1. The summed E-state index contributed by atoms with van der Waals surface area (Å²) < 4.78 is 56.9. The largest absolute Gasteiger partial charge is 0.358 e. The first-order chi connectivity index (χ1) is 8.43. The summed E-state index contributed by atoms with van der Waals surface area (Å²) in [6.07, 6.45) is -0.308. The van der Waals surface area contributed by atoms with Crippen molar-refractivity contribution in [1.82, 2.24) is 4.90 Å². The Bertz CT molecular complexity index is 422. The van der Waals surface area contributed by atoms with Crippen molar-refractivity contribution >= 4 is 49.4 Å². The zero-order valence-electron chi connectivity index (χ0n) is 10.7. The molecule has 116 valence electrons. The Morgan fingerprint density at radius 2 is 1.37 bits per heavy atom. The van der Waals surface area contributed by atoms with Crippen molar-refractivity contribution in [3.8, 4) is 0 Å². The fraction of sp³-hybridized carbons (Fsp3) is 0.875. The van der Waals surface area contributed by atoms with E-state index in [9.17, 15) is 16.8 Å². The molecule has 0 saturated heterocycles. The summed E-state index contributed by atoms with van der Waals surface area (Å²) in [6, 6.07) is 0. The highest BCUT2D eigenvalue weighted by Crippen LogP contribution is 1.93. The average Bonchev–Trinajstić information content (AvgIpc) is 2.15. The van der Waals surface area contributed by atoms with Crippen LogP contribution in [0, 0.1) is 0 Å². The van der Waals surface area contributed by atoms with Gasteiger partial charge in [-0.3, -0.25) is 9.11 Å². The van der Waals surface area contributed by atoms with Gasteiger partial charge in [-0.1, -0.05) is 12.2 Å². The maximum Gasteiger partial charge on any atom is 0.264 e. The van der Waals surface area contributed by atoms with Crippen LogP contribution in [0.25, 0.3) is 0 Å². The maximum absolute atomic E-state index is 10.00. The van der Waals surface area contributed by atoms with E-state index in [1.807, 2.05) is 4.90 Å². The quantitative estimate of drug-likeness (QED) is 0.363. The summed E-state index contributed by atoms with van der Waals surface area (Å²) >= 11 is 8.82. The zero-order valence-corrected chi connectivity index (χ0v) is 14.0. The second-order valence-electron chi connectivity index (χ2n) is 3.38. The lowest BCUT2D eigenvalue weighted by Crippen LogP contribution is -2.24. The minimum Gasteiger partial charge on any atom is -0.358 e. The third kappa shape index (κ3) is 18.1. The smallest absolute Gasteiger partial charge is 0.264 e. The molecular weight excluding hydrogens is 334 g/mol. The minimum absolute atomic E-state index is 0.308. The van der Waals surface area contributed by atoms with Crippen molar-refractivity contribution in [2.75, 3.05) is 24.6 Å². The number of rotatable bonds is 6. The van der Waals surface area contributed by atoms with Crippen molar-refractivity contribution in [2.45, 2.75) is 20.3 Å². The molecule has 0 aromatic heterocycles. The highest BCUT2D eigenvalue weighted by atomic mass is 32.2. The Labute approximate surface area is 125 Å². The Morgan fingerprint density at radius 3 is 1.47 bits per heavy atom. The van der Waals surface area contributed by atoms with Crippen molar-refractivity contribution in [3.63, 3.8) is 0 Å². The van der Waals surface area contributed by atoms with E-state index in [1.165, 1.54) is 0 Å². The summed E-state index contributed by atoms with van der Waals surface area (Å²) in [6.45, 7) is 6.04. The van der Waals surface area contributed by atoms with Crippen LogP contribution in [0.15, 0.2) is 0 Å². The zero-order chi connectivity index (χ0) is 15.7. The standard InChI is InChI=1S/C5H11NS2.C3H8O6S2/c1-3-6(4-2)5(7)8;4-10(5,6)2-1-3-11(7,8)9/h3-4H2,1-2H3,(H,7,8);1-3H2,(H,4,5,6)(H,7,8,9). The summed E-state index contributed by atoms with van der Waals surface area (Å²) in [5.74, 6) is -1.32. The molecule has 0 atom stereocenters. The molecule has 0 saturated carbocycles. The molecule has 0 aliphatic carbocycles. The van der Waals surface area contributed by atoms with Gasteiger partial charge < -0.3 is 4.90 Å². The molecule has 0 amide bonds. The molecule has 0 fully saturated rings. The molecular formula is C8H19NO6S4. The molecule has 0 spiro atoms. The first-order valence-electron chi connectivity index (χ1n) is 5.31. The van der Waals surface area contributed by atoms with Gasteiger partial charge >= 0.3 is 0 Å². The van der Waals surface area contributed by atoms with Crippen LogP contribution in [0.3, 0.4) is 0 Å². The van der Waals surface area contributed by atoms with Gasteiger partial charge in [-0.15, -0.1) is 12.6 Å². The van der Waals surface area contributed by atoms with Crippen molar-refractivity contribution in [2.24, 2.45) is 0 Å². The van der Waals surface area contributed by atoms with Gasteiger partial charge in [0.1, 0.15) is 4.32 Å². The molecule has 0 radical (unpaired) electrons. The molecule has 0 aliphatic heterocycles. The molecule has 0 rings (SSSR count). The van der Waals surface area contributed by atoms with Crippen molar-refractivity contribution in [3.05, 3.63) is 0 Å². The van der Waals surface area contributed by atoms with E-state index in [2.05, 4.69) is 26.5 Å². The van der Waals surface area contributed by atoms with Crippen LogP contribution in [0.4, 0.5) is 0 Å². The Balaban J connectivity index is 0. The van der Waals surface area contributed by atoms with E-state index < -0.39 is 31.7 Å². The number of nitrogens with zero attached hydrogens (tertiary/aromatic N) is 1. The normalized spacial score (nSPS) is 11.4. The fourth-order valence-electron chi connectivity index (χ4n) is 0.918. The Kier molecular flexibility index (Phi) is 11.1. The SMILES string of the molecule is CCN(CC)C(=S)S.O=S(=O)(O)CCCS(=O)(=O)O. The van der Waals surface area contributed by atoms with Crippen LogP contribution < -0.4 is 0 Å². The summed E-state index contributed by atoms with van der Waals surface area (Å²) in [4.78, 5) is 2.01. The third-order valence-electron chi connectivity index (χ3n) is 1.84. The van der Waals surface area contributed by atoms with Crippen LogP contribution >= 0.6 is 24.8 Å². The van der Waals surface area contributed by atoms with Gasteiger partial charge in [0.05, 0.1) is 11.5 Å². The maximum atomic E-state index is 10.00. The second-order valence-corrected chi connectivity index (χ2v) is 7.64. The molecule has 7 nitrogen and oxygen atoms in total. The highest BCUT2D eigenvalue weighted by Gasteiger charge is 2.09. The van der Waals surface area contributed by atoms with E-state index in [0.29, 0.717) is 4.32 Å². The van der Waals surface area contributed by atoms with E-state index >= 15 is 0 Å². The molecule has 19 heavy (non-hydrogen) atoms. The fourth-order valence-corrected chi connectivity index (χ4v) is 2.66. The Morgan fingerprint density at radius 1 is 1.05 bits per heavy atom. The number of hydrogen-bond donors (Lipinski definition) is 3. The van der Waals surface area contributed by atoms with E-state index in [-0.39, 0.29) is 6.42 Å². The monoisotopic (exact) mass is 353 g/mol. The van der Waals surface area contributed by atoms with Crippen LogP contribution in [0.2, 0.25) is 0 Å². The van der Waals surface area contributed by atoms with Gasteiger partial charge in [-0.05, 0) is 20.3 Å².